The number of methoxy groups -OCH3 is 1. The van der Waals surface area contributed by atoms with Gasteiger partial charge in [0.1, 0.15) is 5.75 Å². The molecule has 0 aliphatic carbocycles. The van der Waals surface area contributed by atoms with E-state index in [0.717, 1.165) is 63.1 Å². The van der Waals surface area contributed by atoms with Crippen LogP contribution in [-0.4, -0.2) is 62.2 Å². The lowest BCUT2D eigenvalue weighted by Crippen LogP contribution is -2.52. The summed E-state index contributed by atoms with van der Waals surface area (Å²) in [6.45, 7) is 7.54. The van der Waals surface area contributed by atoms with E-state index >= 15 is 0 Å². The van der Waals surface area contributed by atoms with Gasteiger partial charge in [-0.1, -0.05) is 18.2 Å². The van der Waals surface area contributed by atoms with Gasteiger partial charge in [0.05, 0.1) is 12.8 Å². The summed E-state index contributed by atoms with van der Waals surface area (Å²) >= 11 is 0. The molecule has 0 atom stereocenters. The third-order valence-electron chi connectivity index (χ3n) is 4.72. The van der Waals surface area contributed by atoms with Gasteiger partial charge in [-0.25, -0.2) is 0 Å². The van der Waals surface area contributed by atoms with Gasteiger partial charge in [0.15, 0.2) is 5.96 Å². The highest BCUT2D eigenvalue weighted by atomic mass is 127. The van der Waals surface area contributed by atoms with Crippen LogP contribution in [-0.2, 0) is 6.42 Å². The van der Waals surface area contributed by atoms with Gasteiger partial charge in [-0.15, -0.1) is 24.0 Å². The highest BCUT2D eigenvalue weighted by Crippen LogP contribution is 2.28. The van der Waals surface area contributed by atoms with Crippen molar-refractivity contribution in [2.75, 3.05) is 51.3 Å². The zero-order chi connectivity index (χ0) is 18.9. The van der Waals surface area contributed by atoms with Crippen molar-refractivity contribution in [2.45, 2.75) is 13.3 Å². The summed E-state index contributed by atoms with van der Waals surface area (Å²) < 4.78 is 5.51. The Balaban J connectivity index is 0.00000280. The Morgan fingerprint density at radius 1 is 1.14 bits per heavy atom. The van der Waals surface area contributed by atoms with E-state index in [0.29, 0.717) is 0 Å². The molecule has 2 aromatic rings. The summed E-state index contributed by atoms with van der Waals surface area (Å²) in [6, 6.07) is 12.3. The van der Waals surface area contributed by atoms with Crippen molar-refractivity contribution in [1.82, 2.24) is 15.2 Å². The normalized spacial score (nSPS) is 14.4. The van der Waals surface area contributed by atoms with E-state index in [1.807, 2.05) is 24.4 Å². The maximum atomic E-state index is 5.51. The first-order valence-corrected chi connectivity index (χ1v) is 9.62. The molecule has 0 unspecified atom stereocenters. The number of hydrogen-bond acceptors (Lipinski definition) is 4. The molecule has 6 nitrogen and oxygen atoms in total. The zero-order valence-corrected chi connectivity index (χ0v) is 19.0. The van der Waals surface area contributed by atoms with Crippen LogP contribution in [0.15, 0.2) is 53.8 Å². The van der Waals surface area contributed by atoms with Crippen molar-refractivity contribution < 1.29 is 4.74 Å². The largest absolute Gasteiger partial charge is 0.495 e. The number of para-hydroxylation sites is 2. The monoisotopic (exact) mass is 495 g/mol. The summed E-state index contributed by atoms with van der Waals surface area (Å²) in [4.78, 5) is 13.7. The van der Waals surface area contributed by atoms with E-state index < -0.39 is 0 Å². The van der Waals surface area contributed by atoms with Crippen molar-refractivity contribution in [3.05, 3.63) is 54.4 Å². The smallest absolute Gasteiger partial charge is 0.194 e. The van der Waals surface area contributed by atoms with Crippen LogP contribution in [0.25, 0.3) is 0 Å². The first-order chi connectivity index (χ1) is 13.3. The number of rotatable bonds is 6. The van der Waals surface area contributed by atoms with Crippen LogP contribution in [0.3, 0.4) is 0 Å². The Kier molecular flexibility index (Phi) is 9.33. The summed E-state index contributed by atoms with van der Waals surface area (Å²) in [5, 5.41) is 3.43. The van der Waals surface area contributed by atoms with Crippen LogP contribution >= 0.6 is 24.0 Å². The number of aliphatic imine (C=N–C) groups is 1. The molecule has 152 valence electrons. The number of pyridine rings is 1. The molecule has 0 bridgehead atoms. The first-order valence-electron chi connectivity index (χ1n) is 9.62. The van der Waals surface area contributed by atoms with Crippen LogP contribution in [0, 0.1) is 0 Å². The van der Waals surface area contributed by atoms with Crippen LogP contribution in [0.2, 0.25) is 0 Å². The molecule has 1 aromatic heterocycles. The molecule has 0 spiro atoms. The number of halogens is 1. The molecular weight excluding hydrogens is 465 g/mol. The Morgan fingerprint density at radius 2 is 1.93 bits per heavy atom. The predicted molar refractivity (Wildman–Crippen MR) is 126 cm³/mol. The van der Waals surface area contributed by atoms with E-state index in [1.165, 1.54) is 5.56 Å². The van der Waals surface area contributed by atoms with E-state index in [1.54, 1.807) is 13.3 Å². The molecule has 3 rings (SSSR count). The number of nitrogens with zero attached hydrogens (tertiary/aromatic N) is 4. The number of ether oxygens (including phenoxy) is 1. The number of nitrogens with one attached hydrogen (secondary N) is 1. The highest BCUT2D eigenvalue weighted by Gasteiger charge is 2.21. The molecule has 0 radical (unpaired) electrons. The lowest BCUT2D eigenvalue weighted by Gasteiger charge is -2.38. The molecule has 1 aromatic carbocycles. The number of piperazine rings is 1. The van der Waals surface area contributed by atoms with Crippen molar-refractivity contribution >= 4 is 35.6 Å². The lowest BCUT2D eigenvalue weighted by molar-refractivity contribution is 0.367. The second-order valence-corrected chi connectivity index (χ2v) is 6.49. The number of aromatic nitrogens is 1. The first kappa shape index (κ1) is 22.3. The number of benzene rings is 1. The maximum Gasteiger partial charge on any atom is 0.194 e. The topological polar surface area (TPSA) is 53.0 Å². The van der Waals surface area contributed by atoms with Crippen LogP contribution in [0.4, 0.5) is 5.69 Å². The standard InChI is InChI=1S/C21H29N5O.HI/c1-3-23-21(24-12-10-18-7-6-11-22-17-18)26-15-13-25(14-16-26)19-8-4-5-9-20(19)27-2;/h4-9,11,17H,3,10,12-16H2,1-2H3,(H,23,24);1H. The lowest BCUT2D eigenvalue weighted by atomic mass is 10.2. The van der Waals surface area contributed by atoms with Gasteiger partial charge in [0.25, 0.3) is 0 Å². The van der Waals surface area contributed by atoms with Crippen LogP contribution in [0.1, 0.15) is 12.5 Å². The minimum absolute atomic E-state index is 0. The summed E-state index contributed by atoms with van der Waals surface area (Å²) in [5.74, 6) is 1.93. The van der Waals surface area contributed by atoms with Gasteiger partial charge in [-0.05, 0) is 37.1 Å². The maximum absolute atomic E-state index is 5.51. The van der Waals surface area contributed by atoms with Gasteiger partial charge < -0.3 is 19.9 Å². The molecule has 1 N–H and O–H groups in total. The molecule has 1 fully saturated rings. The number of hydrogen-bond donors (Lipinski definition) is 1. The molecule has 2 heterocycles. The van der Waals surface area contributed by atoms with Crippen molar-refractivity contribution in [3.8, 4) is 5.75 Å². The van der Waals surface area contributed by atoms with Crippen LogP contribution < -0.4 is 15.0 Å². The Hall–Kier alpha value is -2.03. The molecule has 1 aliphatic rings. The third kappa shape index (κ3) is 5.98. The minimum Gasteiger partial charge on any atom is -0.495 e. The molecule has 7 heteroatoms. The number of anilines is 1. The summed E-state index contributed by atoms with van der Waals surface area (Å²) in [7, 11) is 1.73. The molecule has 0 saturated carbocycles. The minimum atomic E-state index is 0. The molecular formula is C21H30IN5O. The molecule has 1 aliphatic heterocycles. The zero-order valence-electron chi connectivity index (χ0n) is 16.7. The second kappa shape index (κ2) is 11.7. The van der Waals surface area contributed by atoms with Gasteiger partial charge in [-0.3, -0.25) is 9.98 Å². The number of guanidine groups is 1. The summed E-state index contributed by atoms with van der Waals surface area (Å²) in [6.07, 6.45) is 4.62. The van der Waals surface area contributed by atoms with Crippen molar-refractivity contribution in [3.63, 3.8) is 0 Å². The second-order valence-electron chi connectivity index (χ2n) is 6.49. The van der Waals surface area contributed by atoms with Crippen molar-refractivity contribution in [2.24, 2.45) is 4.99 Å². The Labute approximate surface area is 185 Å². The van der Waals surface area contributed by atoms with E-state index in [4.69, 9.17) is 9.73 Å². The Morgan fingerprint density at radius 3 is 2.61 bits per heavy atom. The average molecular weight is 495 g/mol. The third-order valence-corrected chi connectivity index (χ3v) is 4.72. The highest BCUT2D eigenvalue weighted by molar-refractivity contribution is 14.0. The van der Waals surface area contributed by atoms with E-state index in [-0.39, 0.29) is 24.0 Å². The van der Waals surface area contributed by atoms with Crippen LogP contribution in [0.5, 0.6) is 5.75 Å². The van der Waals surface area contributed by atoms with Crippen molar-refractivity contribution in [1.29, 1.82) is 0 Å². The van der Waals surface area contributed by atoms with E-state index in [9.17, 15) is 0 Å². The van der Waals surface area contributed by atoms with Gasteiger partial charge in [0, 0.05) is 51.7 Å². The fraction of sp³-hybridized carbons (Fsp3) is 0.429. The van der Waals surface area contributed by atoms with Gasteiger partial charge in [0.2, 0.25) is 0 Å². The van der Waals surface area contributed by atoms with E-state index in [2.05, 4.69) is 45.2 Å². The van der Waals surface area contributed by atoms with Gasteiger partial charge >= 0.3 is 0 Å². The molecule has 28 heavy (non-hydrogen) atoms. The Bertz CT molecular complexity index is 733. The predicted octanol–water partition coefficient (Wildman–Crippen LogP) is 3.04. The SMILES string of the molecule is CCNC(=NCCc1cccnc1)N1CCN(c2ccccc2OC)CC1.I. The quantitative estimate of drug-likeness (QED) is 0.380. The van der Waals surface area contributed by atoms with Gasteiger partial charge in [-0.2, -0.15) is 0 Å². The average Bonchev–Trinajstić information content (AvgIpc) is 2.74. The summed E-state index contributed by atoms with van der Waals surface area (Å²) in [5.41, 5.74) is 2.39. The fourth-order valence-electron chi connectivity index (χ4n) is 3.31. The molecule has 1 saturated heterocycles. The molecule has 0 amide bonds. The fourth-order valence-corrected chi connectivity index (χ4v) is 3.31.